The lowest BCUT2D eigenvalue weighted by Crippen LogP contribution is -2.48. The van der Waals surface area contributed by atoms with E-state index in [-0.39, 0.29) is 6.54 Å². The third-order valence-electron chi connectivity index (χ3n) is 4.33. The van der Waals surface area contributed by atoms with E-state index in [0.717, 1.165) is 36.4 Å². The van der Waals surface area contributed by atoms with Gasteiger partial charge >= 0.3 is 6.18 Å². The highest BCUT2D eigenvalue weighted by Gasteiger charge is 2.33. The van der Waals surface area contributed by atoms with Crippen molar-refractivity contribution in [2.45, 2.75) is 45.5 Å². The molecule has 0 amide bonds. The van der Waals surface area contributed by atoms with Crippen LogP contribution < -0.4 is 10.6 Å². The van der Waals surface area contributed by atoms with Gasteiger partial charge in [0.1, 0.15) is 5.01 Å². The van der Waals surface area contributed by atoms with E-state index in [1.807, 2.05) is 0 Å². The van der Waals surface area contributed by atoms with Crippen LogP contribution in [0.15, 0.2) is 10.4 Å². The fourth-order valence-corrected chi connectivity index (χ4v) is 3.70. The Morgan fingerprint density at radius 2 is 2.00 bits per heavy atom. The van der Waals surface area contributed by atoms with Gasteiger partial charge in [-0.05, 0) is 31.8 Å². The zero-order valence-corrected chi connectivity index (χ0v) is 15.7. The predicted octanol–water partition coefficient (Wildman–Crippen LogP) is 2.95. The van der Waals surface area contributed by atoms with Crippen LogP contribution in [0.2, 0.25) is 0 Å². The first-order chi connectivity index (χ1) is 11.8. The van der Waals surface area contributed by atoms with Gasteiger partial charge in [-0.3, -0.25) is 9.89 Å². The van der Waals surface area contributed by atoms with Crippen molar-refractivity contribution in [3.8, 4) is 0 Å². The van der Waals surface area contributed by atoms with Crippen LogP contribution in [0.1, 0.15) is 37.4 Å². The predicted molar refractivity (Wildman–Crippen MR) is 94.8 cm³/mol. The highest BCUT2D eigenvalue weighted by Crippen LogP contribution is 2.29. The van der Waals surface area contributed by atoms with Crippen LogP contribution in [0.25, 0.3) is 0 Å². The van der Waals surface area contributed by atoms with Crippen LogP contribution >= 0.6 is 11.3 Å². The Labute approximate surface area is 150 Å². The fraction of sp³-hybridized carbons (Fsp3) is 0.750. The molecule has 9 heteroatoms. The molecule has 1 unspecified atom stereocenters. The van der Waals surface area contributed by atoms with Crippen molar-refractivity contribution in [2.75, 3.05) is 26.7 Å². The summed E-state index contributed by atoms with van der Waals surface area (Å²) >= 11 is 0.994. The van der Waals surface area contributed by atoms with E-state index in [1.165, 1.54) is 12.8 Å². The summed E-state index contributed by atoms with van der Waals surface area (Å²) < 4.78 is 37.7. The number of thiazole rings is 1. The first-order valence-corrected chi connectivity index (χ1v) is 9.39. The highest BCUT2D eigenvalue weighted by molar-refractivity contribution is 7.09. The molecule has 1 atom stereocenters. The Morgan fingerprint density at radius 1 is 1.32 bits per heavy atom. The standard InChI is InChI=1S/C16H26F3N5S/c1-11(2)12(24-6-4-5-7-24)8-21-15(20-3)22-9-14-23-13(10-25-14)16(17,18)19/h10-12H,4-9H2,1-3H3,(H2,20,21,22). The molecule has 5 nitrogen and oxygen atoms in total. The number of halogens is 3. The van der Waals surface area contributed by atoms with E-state index in [1.54, 1.807) is 7.05 Å². The van der Waals surface area contributed by atoms with Crippen molar-refractivity contribution in [1.29, 1.82) is 0 Å². The molecule has 0 bridgehead atoms. The lowest BCUT2D eigenvalue weighted by molar-refractivity contribution is -0.140. The van der Waals surface area contributed by atoms with Crippen LogP contribution in [0.3, 0.4) is 0 Å². The van der Waals surface area contributed by atoms with Crippen molar-refractivity contribution < 1.29 is 13.2 Å². The Balaban J connectivity index is 1.84. The molecule has 25 heavy (non-hydrogen) atoms. The maximum atomic E-state index is 12.6. The first kappa shape index (κ1) is 20.0. The minimum atomic E-state index is -4.39. The third kappa shape index (κ3) is 5.85. The summed E-state index contributed by atoms with van der Waals surface area (Å²) in [4.78, 5) is 10.2. The summed E-state index contributed by atoms with van der Waals surface area (Å²) in [5, 5.41) is 7.74. The van der Waals surface area contributed by atoms with Gasteiger partial charge < -0.3 is 10.6 Å². The Hall–Kier alpha value is -1.35. The van der Waals surface area contributed by atoms with E-state index in [0.29, 0.717) is 22.9 Å². The molecule has 0 spiro atoms. The maximum absolute atomic E-state index is 12.6. The van der Waals surface area contributed by atoms with E-state index < -0.39 is 11.9 Å². The number of hydrogen-bond acceptors (Lipinski definition) is 4. The Bertz CT molecular complexity index is 564. The lowest BCUT2D eigenvalue weighted by Gasteiger charge is -2.31. The minimum absolute atomic E-state index is 0.219. The summed E-state index contributed by atoms with van der Waals surface area (Å²) in [6.07, 6.45) is -1.92. The second-order valence-electron chi connectivity index (χ2n) is 6.49. The van der Waals surface area contributed by atoms with Gasteiger partial charge in [-0.25, -0.2) is 4.98 Å². The van der Waals surface area contributed by atoms with Crippen molar-refractivity contribution in [1.82, 2.24) is 20.5 Å². The number of nitrogens with one attached hydrogen (secondary N) is 2. The van der Waals surface area contributed by atoms with Crippen LogP contribution in [0.4, 0.5) is 13.2 Å². The summed E-state index contributed by atoms with van der Waals surface area (Å²) in [5.41, 5.74) is -0.842. The first-order valence-electron chi connectivity index (χ1n) is 8.51. The van der Waals surface area contributed by atoms with Crippen LogP contribution in [-0.2, 0) is 12.7 Å². The maximum Gasteiger partial charge on any atom is 0.434 e. The number of alkyl halides is 3. The van der Waals surface area contributed by atoms with Gasteiger partial charge in [0.05, 0.1) is 6.54 Å². The number of aromatic nitrogens is 1. The Morgan fingerprint density at radius 3 is 2.52 bits per heavy atom. The minimum Gasteiger partial charge on any atom is -0.355 e. The molecule has 2 rings (SSSR count). The van der Waals surface area contributed by atoms with Gasteiger partial charge in [0.25, 0.3) is 0 Å². The third-order valence-corrected chi connectivity index (χ3v) is 5.18. The number of guanidine groups is 1. The quantitative estimate of drug-likeness (QED) is 0.591. The highest BCUT2D eigenvalue weighted by atomic mass is 32.1. The van der Waals surface area contributed by atoms with Crippen molar-refractivity contribution in [3.05, 3.63) is 16.1 Å². The molecule has 1 aliphatic heterocycles. The SMILES string of the molecule is CN=C(NCc1nc(C(F)(F)F)cs1)NCC(C(C)C)N1CCCC1. The molecule has 1 fully saturated rings. The molecule has 0 aromatic carbocycles. The van der Waals surface area contributed by atoms with Gasteiger partial charge in [0.2, 0.25) is 0 Å². The van der Waals surface area contributed by atoms with E-state index in [2.05, 4.69) is 39.4 Å². The van der Waals surface area contributed by atoms with Crippen molar-refractivity contribution in [3.63, 3.8) is 0 Å². The summed E-state index contributed by atoms with van der Waals surface area (Å²) in [6.45, 7) is 7.62. The van der Waals surface area contributed by atoms with Crippen molar-refractivity contribution >= 4 is 17.3 Å². The zero-order chi connectivity index (χ0) is 18.4. The smallest absolute Gasteiger partial charge is 0.355 e. The molecule has 1 aromatic heterocycles. The average molecular weight is 377 g/mol. The average Bonchev–Trinajstić information content (AvgIpc) is 3.21. The second kappa shape index (κ2) is 8.84. The number of rotatable bonds is 6. The molecule has 1 saturated heterocycles. The normalized spacial score (nSPS) is 18.0. The summed E-state index contributed by atoms with van der Waals surface area (Å²) in [5.74, 6) is 1.09. The van der Waals surface area contributed by atoms with Crippen LogP contribution in [0, 0.1) is 5.92 Å². The van der Waals surface area contributed by atoms with E-state index in [4.69, 9.17) is 0 Å². The molecular formula is C16H26F3N5S. The van der Waals surface area contributed by atoms with Gasteiger partial charge in [0, 0.05) is 25.0 Å². The van der Waals surface area contributed by atoms with Gasteiger partial charge in [-0.1, -0.05) is 13.8 Å². The van der Waals surface area contributed by atoms with Crippen molar-refractivity contribution in [2.24, 2.45) is 10.9 Å². The zero-order valence-electron chi connectivity index (χ0n) is 14.9. The molecule has 2 N–H and O–H groups in total. The van der Waals surface area contributed by atoms with Gasteiger partial charge in [-0.2, -0.15) is 13.2 Å². The fourth-order valence-electron chi connectivity index (χ4n) is 2.96. The molecule has 2 heterocycles. The summed E-state index contributed by atoms with van der Waals surface area (Å²) in [7, 11) is 1.65. The largest absolute Gasteiger partial charge is 0.434 e. The van der Waals surface area contributed by atoms with Crippen LogP contribution in [0.5, 0.6) is 0 Å². The summed E-state index contributed by atoms with van der Waals surface area (Å²) in [6, 6.07) is 0.415. The monoisotopic (exact) mass is 377 g/mol. The number of nitrogens with zero attached hydrogens (tertiary/aromatic N) is 3. The van der Waals surface area contributed by atoms with Gasteiger partial charge in [-0.15, -0.1) is 11.3 Å². The molecule has 1 aromatic rings. The van der Waals surface area contributed by atoms with Crippen LogP contribution in [-0.4, -0.2) is 48.6 Å². The second-order valence-corrected chi connectivity index (χ2v) is 7.43. The molecule has 142 valence electrons. The Kier molecular flexibility index (Phi) is 7.06. The molecule has 0 aliphatic carbocycles. The van der Waals surface area contributed by atoms with Gasteiger partial charge in [0.15, 0.2) is 11.7 Å². The molecule has 1 aliphatic rings. The molecule has 0 radical (unpaired) electrons. The topological polar surface area (TPSA) is 52.6 Å². The number of likely N-dealkylation sites (tertiary alicyclic amines) is 1. The number of hydrogen-bond donors (Lipinski definition) is 2. The molecular weight excluding hydrogens is 351 g/mol. The van der Waals surface area contributed by atoms with E-state index in [9.17, 15) is 13.2 Å². The number of aliphatic imine (C=N–C) groups is 1. The lowest BCUT2D eigenvalue weighted by atomic mass is 10.0. The van der Waals surface area contributed by atoms with E-state index >= 15 is 0 Å². The molecule has 0 saturated carbocycles.